The summed E-state index contributed by atoms with van der Waals surface area (Å²) < 4.78 is 2.69. The van der Waals surface area contributed by atoms with E-state index in [1.165, 1.54) is 0 Å². The van der Waals surface area contributed by atoms with Gasteiger partial charge in [0.05, 0.1) is 4.47 Å². The summed E-state index contributed by atoms with van der Waals surface area (Å²) in [7, 11) is 0. The molecule has 0 N–H and O–H groups in total. The first-order chi connectivity index (χ1) is 7.34. The second kappa shape index (κ2) is 4.94. The van der Waals surface area contributed by atoms with Crippen molar-refractivity contribution in [3.05, 3.63) is 64.9 Å². The molecule has 0 unspecified atom stereocenters. The molecule has 76 valence electrons. The molecule has 0 atom stereocenters. The number of aromatic nitrogens is 1. The van der Waals surface area contributed by atoms with Crippen molar-refractivity contribution in [2.75, 3.05) is 0 Å². The number of benzene rings is 1. The molecule has 0 amide bonds. The van der Waals surface area contributed by atoms with Gasteiger partial charge >= 0.3 is 0 Å². The Labute approximate surface area is 97.2 Å². The molecule has 0 radical (unpaired) electrons. The Morgan fingerprint density at radius 1 is 1.07 bits per heavy atom. The van der Waals surface area contributed by atoms with Crippen LogP contribution in [0.2, 0.25) is 0 Å². The molecule has 3 heteroatoms. The van der Waals surface area contributed by atoms with Gasteiger partial charge in [0.1, 0.15) is 0 Å². The van der Waals surface area contributed by atoms with E-state index in [4.69, 9.17) is 4.84 Å². The summed E-state index contributed by atoms with van der Waals surface area (Å²) in [5.74, 6) is 0. The summed E-state index contributed by atoms with van der Waals surface area (Å²) in [5.41, 5.74) is 1.16. The van der Waals surface area contributed by atoms with Crippen LogP contribution in [0, 0.1) is 0 Å². The Kier molecular flexibility index (Phi) is 3.35. The fourth-order valence-electron chi connectivity index (χ4n) is 1.23. The molecule has 0 aliphatic heterocycles. The zero-order valence-electron chi connectivity index (χ0n) is 8.14. The third-order valence-electron chi connectivity index (χ3n) is 1.96. The average Bonchev–Trinajstić information content (AvgIpc) is 2.28. The molecule has 2 rings (SSSR count). The largest absolute Gasteiger partial charge is 0.267 e. The Hall–Kier alpha value is -1.35. The lowest BCUT2D eigenvalue weighted by Crippen LogP contribution is -2.41. The minimum absolute atomic E-state index is 0.571. The van der Waals surface area contributed by atoms with E-state index in [9.17, 15) is 0 Å². The van der Waals surface area contributed by atoms with Crippen molar-refractivity contribution in [1.29, 1.82) is 0 Å². The Balaban J connectivity index is 1.99. The number of nitrogens with zero attached hydrogens (tertiary/aromatic N) is 1. The van der Waals surface area contributed by atoms with Crippen LogP contribution < -0.4 is 9.57 Å². The number of halogens is 1. The highest BCUT2D eigenvalue weighted by molar-refractivity contribution is 9.10. The van der Waals surface area contributed by atoms with Crippen LogP contribution in [0.4, 0.5) is 0 Å². The summed E-state index contributed by atoms with van der Waals surface area (Å²) >= 11 is 3.39. The Bertz CT molecular complexity index is 431. The van der Waals surface area contributed by atoms with Gasteiger partial charge < -0.3 is 0 Å². The van der Waals surface area contributed by atoms with Crippen molar-refractivity contribution >= 4 is 15.9 Å². The average molecular weight is 265 g/mol. The molecule has 0 saturated heterocycles. The van der Waals surface area contributed by atoms with E-state index in [0.717, 1.165) is 10.0 Å². The van der Waals surface area contributed by atoms with Crippen molar-refractivity contribution in [2.24, 2.45) is 0 Å². The predicted octanol–water partition coefficient (Wildman–Crippen LogP) is 2.37. The molecule has 15 heavy (non-hydrogen) atoms. The van der Waals surface area contributed by atoms with Gasteiger partial charge in [0, 0.05) is 10.8 Å². The van der Waals surface area contributed by atoms with E-state index in [2.05, 4.69) is 15.9 Å². The van der Waals surface area contributed by atoms with E-state index >= 15 is 0 Å². The van der Waals surface area contributed by atoms with Crippen LogP contribution in [-0.4, -0.2) is 0 Å². The second-order valence-electron chi connectivity index (χ2n) is 3.14. The molecule has 0 bridgehead atoms. The monoisotopic (exact) mass is 264 g/mol. The molecule has 0 fully saturated rings. The minimum Gasteiger partial charge on any atom is -0.267 e. The molecule has 2 nitrogen and oxygen atoms in total. The lowest BCUT2D eigenvalue weighted by atomic mass is 10.2. The van der Waals surface area contributed by atoms with Crippen molar-refractivity contribution in [3.63, 3.8) is 0 Å². The van der Waals surface area contributed by atoms with E-state index in [1.54, 1.807) is 4.73 Å². The first kappa shape index (κ1) is 10.2. The van der Waals surface area contributed by atoms with Gasteiger partial charge in [0.25, 0.3) is 0 Å². The molecule has 0 saturated carbocycles. The minimum atomic E-state index is 0.571. The van der Waals surface area contributed by atoms with Gasteiger partial charge in [-0.25, -0.2) is 0 Å². The second-order valence-corrected chi connectivity index (χ2v) is 4.06. The maximum atomic E-state index is 5.56. The molecule has 0 aliphatic rings. The zero-order chi connectivity index (χ0) is 10.5. The van der Waals surface area contributed by atoms with Gasteiger partial charge in [-0.15, -0.1) is 0 Å². The SMILES string of the molecule is Brc1ccc[n+](OCc2ccccc2)c1. The third-order valence-corrected chi connectivity index (χ3v) is 2.43. The van der Waals surface area contributed by atoms with Crippen LogP contribution in [0.25, 0.3) is 0 Å². The number of hydrogen-bond acceptors (Lipinski definition) is 1. The fraction of sp³-hybridized carbons (Fsp3) is 0.0833. The molecule has 1 heterocycles. The smallest absolute Gasteiger partial charge is 0.236 e. The van der Waals surface area contributed by atoms with Crippen LogP contribution >= 0.6 is 15.9 Å². The lowest BCUT2D eigenvalue weighted by molar-refractivity contribution is -0.895. The van der Waals surface area contributed by atoms with Crippen LogP contribution in [-0.2, 0) is 6.61 Å². The molecule has 1 aromatic carbocycles. The number of hydrogen-bond donors (Lipinski definition) is 0. The van der Waals surface area contributed by atoms with Crippen LogP contribution in [0.3, 0.4) is 0 Å². The first-order valence-electron chi connectivity index (χ1n) is 4.68. The third kappa shape index (κ3) is 3.06. The summed E-state index contributed by atoms with van der Waals surface area (Å²) in [6, 6.07) is 14.0. The number of rotatable bonds is 3. The van der Waals surface area contributed by atoms with Crippen molar-refractivity contribution in [2.45, 2.75) is 6.61 Å². The van der Waals surface area contributed by atoms with Gasteiger partial charge in [0.15, 0.2) is 6.61 Å². The van der Waals surface area contributed by atoms with Gasteiger partial charge in [0.2, 0.25) is 12.4 Å². The van der Waals surface area contributed by atoms with Gasteiger partial charge in [-0.05, 0) is 27.6 Å². The highest BCUT2D eigenvalue weighted by atomic mass is 79.9. The molecule has 2 aromatic rings. The van der Waals surface area contributed by atoms with E-state index in [1.807, 2.05) is 54.9 Å². The summed E-state index contributed by atoms with van der Waals surface area (Å²) in [6.45, 7) is 0.571. The highest BCUT2D eigenvalue weighted by Gasteiger charge is 2.02. The topological polar surface area (TPSA) is 13.1 Å². The molecular weight excluding hydrogens is 254 g/mol. The summed E-state index contributed by atoms with van der Waals surface area (Å²) in [6.07, 6.45) is 3.75. The van der Waals surface area contributed by atoms with E-state index in [-0.39, 0.29) is 0 Å². The fourth-order valence-corrected chi connectivity index (χ4v) is 1.59. The molecule has 0 spiro atoms. The zero-order valence-corrected chi connectivity index (χ0v) is 9.72. The first-order valence-corrected chi connectivity index (χ1v) is 5.48. The molecule has 0 aliphatic carbocycles. The Morgan fingerprint density at radius 3 is 2.60 bits per heavy atom. The normalized spacial score (nSPS) is 9.93. The standard InChI is InChI=1S/C12H11BrNO/c13-12-7-4-8-14(9-12)15-10-11-5-2-1-3-6-11/h1-9H,10H2/q+1. The lowest BCUT2D eigenvalue weighted by Gasteiger charge is -1.98. The Morgan fingerprint density at radius 2 is 1.87 bits per heavy atom. The van der Waals surface area contributed by atoms with E-state index < -0.39 is 0 Å². The maximum absolute atomic E-state index is 5.56. The summed E-state index contributed by atoms with van der Waals surface area (Å²) in [4.78, 5) is 5.56. The van der Waals surface area contributed by atoms with Gasteiger partial charge in [-0.2, -0.15) is 0 Å². The van der Waals surface area contributed by atoms with Gasteiger partial charge in [-0.1, -0.05) is 30.3 Å². The van der Waals surface area contributed by atoms with Crippen molar-refractivity contribution in [1.82, 2.24) is 0 Å². The molecule has 1 aromatic heterocycles. The van der Waals surface area contributed by atoms with Crippen molar-refractivity contribution in [3.8, 4) is 0 Å². The molecular formula is C12H11BrNO+. The maximum Gasteiger partial charge on any atom is 0.236 e. The van der Waals surface area contributed by atoms with Crippen LogP contribution in [0.15, 0.2) is 59.3 Å². The number of pyridine rings is 1. The predicted molar refractivity (Wildman–Crippen MR) is 61.1 cm³/mol. The quantitative estimate of drug-likeness (QED) is 0.776. The van der Waals surface area contributed by atoms with E-state index in [0.29, 0.717) is 6.61 Å². The summed E-state index contributed by atoms with van der Waals surface area (Å²) in [5, 5.41) is 0. The van der Waals surface area contributed by atoms with Crippen molar-refractivity contribution < 1.29 is 9.57 Å². The highest BCUT2D eigenvalue weighted by Crippen LogP contribution is 2.03. The van der Waals surface area contributed by atoms with Crippen LogP contribution in [0.1, 0.15) is 5.56 Å². The van der Waals surface area contributed by atoms with Gasteiger partial charge in [-0.3, -0.25) is 4.84 Å². The van der Waals surface area contributed by atoms with Crippen LogP contribution in [0.5, 0.6) is 0 Å².